The standard InChI is InChI=1S/C7H15N3O3/c1-2-10-6(11)5-9-3-4-13-7(8)12/h9H,2-5H2,1H3,(H2,8,12)(H,10,11). The highest BCUT2D eigenvalue weighted by molar-refractivity contribution is 5.77. The van der Waals surface area contributed by atoms with Crippen molar-refractivity contribution in [1.29, 1.82) is 0 Å². The molecule has 0 spiro atoms. The number of hydrogen-bond acceptors (Lipinski definition) is 4. The lowest BCUT2D eigenvalue weighted by molar-refractivity contribution is -0.120. The third kappa shape index (κ3) is 8.61. The zero-order valence-electron chi connectivity index (χ0n) is 7.63. The predicted molar refractivity (Wildman–Crippen MR) is 47.1 cm³/mol. The van der Waals surface area contributed by atoms with E-state index < -0.39 is 6.09 Å². The van der Waals surface area contributed by atoms with Crippen LogP contribution in [0, 0.1) is 0 Å². The molecular formula is C7H15N3O3. The van der Waals surface area contributed by atoms with Crippen LogP contribution in [0.3, 0.4) is 0 Å². The van der Waals surface area contributed by atoms with Crippen molar-refractivity contribution in [3.05, 3.63) is 0 Å². The fraction of sp³-hybridized carbons (Fsp3) is 0.714. The van der Waals surface area contributed by atoms with Crippen molar-refractivity contribution < 1.29 is 14.3 Å². The van der Waals surface area contributed by atoms with Gasteiger partial charge in [0, 0.05) is 13.1 Å². The third-order valence-electron chi connectivity index (χ3n) is 1.18. The van der Waals surface area contributed by atoms with Crippen LogP contribution in [0.15, 0.2) is 0 Å². The van der Waals surface area contributed by atoms with Gasteiger partial charge in [0.1, 0.15) is 6.61 Å². The van der Waals surface area contributed by atoms with Gasteiger partial charge in [0.2, 0.25) is 5.91 Å². The highest BCUT2D eigenvalue weighted by Crippen LogP contribution is 1.71. The van der Waals surface area contributed by atoms with E-state index in [1.165, 1.54) is 0 Å². The van der Waals surface area contributed by atoms with Gasteiger partial charge in [-0.05, 0) is 6.92 Å². The summed E-state index contributed by atoms with van der Waals surface area (Å²) >= 11 is 0. The molecule has 0 atom stereocenters. The third-order valence-corrected chi connectivity index (χ3v) is 1.18. The molecule has 0 radical (unpaired) electrons. The number of likely N-dealkylation sites (N-methyl/N-ethyl adjacent to an activating group) is 1. The van der Waals surface area contributed by atoms with E-state index in [0.29, 0.717) is 13.1 Å². The Morgan fingerprint density at radius 3 is 2.69 bits per heavy atom. The average molecular weight is 189 g/mol. The smallest absolute Gasteiger partial charge is 0.404 e. The molecule has 6 nitrogen and oxygen atoms in total. The van der Waals surface area contributed by atoms with E-state index in [2.05, 4.69) is 15.4 Å². The maximum atomic E-state index is 10.8. The van der Waals surface area contributed by atoms with Crippen LogP contribution in [0.2, 0.25) is 0 Å². The molecule has 76 valence electrons. The average Bonchev–Trinajstić information content (AvgIpc) is 2.03. The van der Waals surface area contributed by atoms with Crippen molar-refractivity contribution >= 4 is 12.0 Å². The summed E-state index contributed by atoms with van der Waals surface area (Å²) in [5.74, 6) is -0.0819. The largest absolute Gasteiger partial charge is 0.448 e. The topological polar surface area (TPSA) is 93.4 Å². The van der Waals surface area contributed by atoms with Crippen molar-refractivity contribution in [3.63, 3.8) is 0 Å². The first-order chi connectivity index (χ1) is 6.16. The molecule has 2 amide bonds. The first-order valence-electron chi connectivity index (χ1n) is 4.06. The molecule has 4 N–H and O–H groups in total. The second-order valence-corrected chi connectivity index (χ2v) is 2.30. The van der Waals surface area contributed by atoms with Crippen molar-refractivity contribution in [2.24, 2.45) is 5.73 Å². The van der Waals surface area contributed by atoms with Gasteiger partial charge in [0.05, 0.1) is 6.54 Å². The fourth-order valence-corrected chi connectivity index (χ4v) is 0.685. The highest BCUT2D eigenvalue weighted by atomic mass is 16.5. The number of carbonyl (C=O) groups excluding carboxylic acids is 2. The van der Waals surface area contributed by atoms with Crippen LogP contribution in [0.4, 0.5) is 4.79 Å². The maximum Gasteiger partial charge on any atom is 0.404 e. The summed E-state index contributed by atoms with van der Waals surface area (Å²) in [6.45, 7) is 3.26. The van der Waals surface area contributed by atoms with E-state index in [-0.39, 0.29) is 19.1 Å². The van der Waals surface area contributed by atoms with Gasteiger partial charge >= 0.3 is 6.09 Å². The van der Waals surface area contributed by atoms with E-state index in [9.17, 15) is 9.59 Å². The highest BCUT2D eigenvalue weighted by Gasteiger charge is 1.97. The normalized spacial score (nSPS) is 9.31. The van der Waals surface area contributed by atoms with Crippen LogP contribution in [-0.2, 0) is 9.53 Å². The van der Waals surface area contributed by atoms with Gasteiger partial charge in [-0.2, -0.15) is 0 Å². The van der Waals surface area contributed by atoms with E-state index in [4.69, 9.17) is 5.73 Å². The molecule has 0 aliphatic heterocycles. The van der Waals surface area contributed by atoms with Crippen LogP contribution < -0.4 is 16.4 Å². The number of ether oxygens (including phenoxy) is 1. The molecule has 13 heavy (non-hydrogen) atoms. The molecule has 0 saturated carbocycles. The van der Waals surface area contributed by atoms with E-state index >= 15 is 0 Å². The van der Waals surface area contributed by atoms with Crippen LogP contribution in [-0.4, -0.2) is 38.2 Å². The number of hydrogen-bond donors (Lipinski definition) is 3. The summed E-state index contributed by atoms with van der Waals surface area (Å²) in [6, 6.07) is 0. The molecule has 0 rings (SSSR count). The number of primary amides is 1. The van der Waals surface area contributed by atoms with Crippen LogP contribution in [0.1, 0.15) is 6.92 Å². The van der Waals surface area contributed by atoms with Gasteiger partial charge in [0.25, 0.3) is 0 Å². The molecular weight excluding hydrogens is 174 g/mol. The van der Waals surface area contributed by atoms with E-state index in [0.717, 1.165) is 0 Å². The second kappa shape index (κ2) is 7.35. The molecule has 0 saturated heterocycles. The lowest BCUT2D eigenvalue weighted by Gasteiger charge is -2.04. The first-order valence-corrected chi connectivity index (χ1v) is 4.06. The summed E-state index contributed by atoms with van der Waals surface area (Å²) in [5.41, 5.74) is 4.71. The summed E-state index contributed by atoms with van der Waals surface area (Å²) in [5, 5.41) is 5.39. The molecule has 0 unspecified atom stereocenters. The predicted octanol–water partition coefficient (Wildman–Crippen LogP) is -1.19. The lowest BCUT2D eigenvalue weighted by atomic mass is 10.5. The van der Waals surface area contributed by atoms with Gasteiger partial charge < -0.3 is 21.1 Å². The van der Waals surface area contributed by atoms with Crippen LogP contribution in [0.25, 0.3) is 0 Å². The number of rotatable bonds is 6. The molecule has 0 aliphatic rings. The Kier molecular flexibility index (Phi) is 6.62. The summed E-state index contributed by atoms with van der Waals surface area (Å²) in [6.07, 6.45) is -0.806. The first kappa shape index (κ1) is 11.7. The molecule has 6 heteroatoms. The van der Waals surface area contributed by atoms with Gasteiger partial charge in [-0.25, -0.2) is 4.79 Å². The Balaban J connectivity index is 3.16. The fourth-order valence-electron chi connectivity index (χ4n) is 0.685. The van der Waals surface area contributed by atoms with Crippen molar-refractivity contribution in [1.82, 2.24) is 10.6 Å². The molecule has 0 aromatic carbocycles. The van der Waals surface area contributed by atoms with E-state index in [1.807, 2.05) is 6.92 Å². The monoisotopic (exact) mass is 189 g/mol. The Morgan fingerprint density at radius 2 is 2.15 bits per heavy atom. The molecule has 0 fully saturated rings. The molecule has 0 bridgehead atoms. The minimum atomic E-state index is -0.806. The van der Waals surface area contributed by atoms with Crippen LogP contribution >= 0.6 is 0 Å². The number of nitrogens with two attached hydrogens (primary N) is 1. The van der Waals surface area contributed by atoms with Gasteiger partial charge in [-0.1, -0.05) is 0 Å². The summed E-state index contributed by atoms with van der Waals surface area (Å²) in [4.78, 5) is 20.9. The van der Waals surface area contributed by atoms with Gasteiger partial charge in [-0.3, -0.25) is 4.79 Å². The molecule has 0 heterocycles. The quantitative estimate of drug-likeness (QED) is 0.458. The SMILES string of the molecule is CCNC(=O)CNCCOC(N)=O. The molecule has 0 aromatic heterocycles. The van der Waals surface area contributed by atoms with Crippen molar-refractivity contribution in [3.8, 4) is 0 Å². The Labute approximate surface area is 76.8 Å². The van der Waals surface area contributed by atoms with Gasteiger partial charge in [-0.15, -0.1) is 0 Å². The Hall–Kier alpha value is -1.30. The minimum Gasteiger partial charge on any atom is -0.448 e. The lowest BCUT2D eigenvalue weighted by Crippen LogP contribution is -2.35. The van der Waals surface area contributed by atoms with E-state index in [1.54, 1.807) is 0 Å². The maximum absolute atomic E-state index is 10.8. The second-order valence-electron chi connectivity index (χ2n) is 2.30. The summed E-state index contributed by atoms with van der Waals surface area (Å²) in [7, 11) is 0. The van der Waals surface area contributed by atoms with Gasteiger partial charge in [0.15, 0.2) is 0 Å². The Bertz CT molecular complexity index is 172. The molecule has 0 aromatic rings. The summed E-state index contributed by atoms with van der Waals surface area (Å²) < 4.78 is 4.43. The van der Waals surface area contributed by atoms with Crippen molar-refractivity contribution in [2.75, 3.05) is 26.2 Å². The number of nitrogens with one attached hydrogen (secondary N) is 2. The van der Waals surface area contributed by atoms with Crippen molar-refractivity contribution in [2.45, 2.75) is 6.92 Å². The number of amides is 2. The minimum absolute atomic E-state index is 0.0819. The van der Waals surface area contributed by atoms with Crippen LogP contribution in [0.5, 0.6) is 0 Å². The molecule has 0 aliphatic carbocycles. The zero-order chi connectivity index (χ0) is 10.1. The Morgan fingerprint density at radius 1 is 1.46 bits per heavy atom. The zero-order valence-corrected chi connectivity index (χ0v) is 7.63. The number of carbonyl (C=O) groups is 2.